The van der Waals surface area contributed by atoms with Gasteiger partial charge in [-0.1, -0.05) is 12.1 Å². The van der Waals surface area contributed by atoms with Gasteiger partial charge in [0.2, 0.25) is 0 Å². The summed E-state index contributed by atoms with van der Waals surface area (Å²) in [4.78, 5) is 23.0. The molecule has 1 amide bonds. The van der Waals surface area contributed by atoms with Crippen LogP contribution in [0.3, 0.4) is 0 Å². The molecule has 5 nitrogen and oxygen atoms in total. The normalized spacial score (nSPS) is 16.0. The van der Waals surface area contributed by atoms with Gasteiger partial charge in [0.1, 0.15) is 0 Å². The van der Waals surface area contributed by atoms with Crippen LogP contribution >= 0.6 is 0 Å². The Kier molecular flexibility index (Phi) is 3.83. The fraction of sp³-hybridized carbons (Fsp3) is 0.400. The number of aromatic nitrogens is 2. The van der Waals surface area contributed by atoms with Gasteiger partial charge in [-0.3, -0.25) is 4.79 Å². The number of carbonyl (C=O) groups excluding carboxylic acids is 1. The third-order valence-corrected chi connectivity index (χ3v) is 3.83. The number of hydrogen-bond donors (Lipinski definition) is 0. The summed E-state index contributed by atoms with van der Waals surface area (Å²) in [6, 6.07) is 7.43. The molecule has 3 rings (SSSR count). The first-order chi connectivity index (χ1) is 10.9. The number of aryl methyl sites for hydroxylation is 1. The van der Waals surface area contributed by atoms with Crippen LogP contribution in [0.4, 0.5) is 19.0 Å². The molecule has 1 aliphatic rings. The Bertz CT molecular complexity index is 739. The van der Waals surface area contributed by atoms with Crippen molar-refractivity contribution < 1.29 is 18.0 Å². The third kappa shape index (κ3) is 3.06. The summed E-state index contributed by atoms with van der Waals surface area (Å²) in [5.41, 5.74) is 2.24. The van der Waals surface area contributed by atoms with Gasteiger partial charge in [-0.2, -0.15) is 13.2 Å². The molecule has 0 saturated carbocycles. The smallest absolute Gasteiger partial charge is 0.352 e. The first-order valence-electron chi connectivity index (χ1n) is 7.20. The highest BCUT2D eigenvalue weighted by Gasteiger charge is 2.43. The summed E-state index contributed by atoms with van der Waals surface area (Å²) in [5.74, 6) is -1.12. The molecule has 23 heavy (non-hydrogen) atoms. The Morgan fingerprint density at radius 1 is 1.04 bits per heavy atom. The fourth-order valence-corrected chi connectivity index (χ4v) is 2.68. The predicted octanol–water partition coefficient (Wildman–Crippen LogP) is 2.15. The molecule has 1 aromatic carbocycles. The number of fused-ring (bicyclic) bond motifs is 1. The lowest BCUT2D eigenvalue weighted by atomic mass is 10.2. The average molecular weight is 324 g/mol. The Hall–Kier alpha value is -2.38. The van der Waals surface area contributed by atoms with E-state index in [9.17, 15) is 18.0 Å². The van der Waals surface area contributed by atoms with Gasteiger partial charge in [0.25, 0.3) is 0 Å². The fourth-order valence-electron chi connectivity index (χ4n) is 2.68. The minimum absolute atomic E-state index is 0.0201. The molecule has 2 heterocycles. The van der Waals surface area contributed by atoms with E-state index in [1.165, 1.54) is 0 Å². The molecule has 8 heteroatoms. The topological polar surface area (TPSA) is 49.3 Å². The number of benzene rings is 1. The van der Waals surface area contributed by atoms with Crippen LogP contribution in [0.25, 0.3) is 11.0 Å². The van der Waals surface area contributed by atoms with Gasteiger partial charge < -0.3 is 9.80 Å². The largest absolute Gasteiger partial charge is 0.471 e. The van der Waals surface area contributed by atoms with E-state index in [1.807, 2.05) is 36.1 Å². The summed E-state index contributed by atoms with van der Waals surface area (Å²) < 4.78 is 37.4. The molecular formula is C15H15F3N4O. The number of halogens is 3. The van der Waals surface area contributed by atoms with E-state index < -0.39 is 12.1 Å². The zero-order valence-corrected chi connectivity index (χ0v) is 12.5. The quantitative estimate of drug-likeness (QED) is 0.806. The molecule has 1 aromatic heterocycles. The van der Waals surface area contributed by atoms with E-state index in [1.54, 1.807) is 0 Å². The van der Waals surface area contributed by atoms with E-state index in [0.717, 1.165) is 21.6 Å². The lowest BCUT2D eigenvalue weighted by Crippen LogP contribution is -2.52. The van der Waals surface area contributed by atoms with Crippen molar-refractivity contribution in [3.8, 4) is 0 Å². The van der Waals surface area contributed by atoms with E-state index in [2.05, 4.69) is 9.97 Å². The summed E-state index contributed by atoms with van der Waals surface area (Å²) >= 11 is 0. The van der Waals surface area contributed by atoms with Crippen molar-refractivity contribution in [2.45, 2.75) is 13.1 Å². The molecule has 0 spiro atoms. The number of nitrogens with zero attached hydrogens (tertiary/aromatic N) is 4. The predicted molar refractivity (Wildman–Crippen MR) is 79.1 cm³/mol. The van der Waals surface area contributed by atoms with Gasteiger partial charge >= 0.3 is 12.1 Å². The minimum Gasteiger partial charge on any atom is -0.352 e. The van der Waals surface area contributed by atoms with Crippen molar-refractivity contribution in [2.75, 3.05) is 31.1 Å². The lowest BCUT2D eigenvalue weighted by Gasteiger charge is -2.36. The minimum atomic E-state index is -4.82. The molecule has 2 aromatic rings. The molecule has 1 aliphatic heterocycles. The number of para-hydroxylation sites is 2. The maximum atomic E-state index is 12.5. The molecule has 1 saturated heterocycles. The zero-order chi connectivity index (χ0) is 16.6. The van der Waals surface area contributed by atoms with Crippen LogP contribution in [0.2, 0.25) is 0 Å². The second kappa shape index (κ2) is 5.68. The molecule has 0 bridgehead atoms. The Morgan fingerprint density at radius 3 is 2.17 bits per heavy atom. The number of anilines is 1. The standard InChI is InChI=1S/C15H15F3N4O/c1-10-13(20-12-5-3-2-4-11(12)19-10)21-6-8-22(9-7-21)14(23)15(16,17)18/h2-5H,6-9H2,1H3. The number of amides is 1. The monoisotopic (exact) mass is 324 g/mol. The molecule has 122 valence electrons. The van der Waals surface area contributed by atoms with Gasteiger partial charge in [-0.05, 0) is 19.1 Å². The summed E-state index contributed by atoms with van der Waals surface area (Å²) in [6.45, 7) is 2.46. The lowest BCUT2D eigenvalue weighted by molar-refractivity contribution is -0.185. The highest BCUT2D eigenvalue weighted by molar-refractivity contribution is 5.82. The molecular weight excluding hydrogens is 309 g/mol. The highest BCUT2D eigenvalue weighted by Crippen LogP contribution is 2.23. The first kappa shape index (κ1) is 15.5. The van der Waals surface area contributed by atoms with Gasteiger partial charge in [-0.25, -0.2) is 9.97 Å². The van der Waals surface area contributed by atoms with E-state index in [0.29, 0.717) is 18.9 Å². The van der Waals surface area contributed by atoms with Gasteiger partial charge in [0.15, 0.2) is 5.82 Å². The van der Waals surface area contributed by atoms with Gasteiger partial charge in [0.05, 0.1) is 16.7 Å². The molecule has 0 atom stereocenters. The van der Waals surface area contributed by atoms with Crippen molar-refractivity contribution in [2.24, 2.45) is 0 Å². The maximum absolute atomic E-state index is 12.5. The highest BCUT2D eigenvalue weighted by atomic mass is 19.4. The SMILES string of the molecule is Cc1nc2ccccc2nc1N1CCN(C(=O)C(F)(F)F)CC1. The van der Waals surface area contributed by atoms with Crippen molar-refractivity contribution in [1.82, 2.24) is 14.9 Å². The average Bonchev–Trinajstić information content (AvgIpc) is 2.53. The first-order valence-corrected chi connectivity index (χ1v) is 7.20. The van der Waals surface area contributed by atoms with Crippen molar-refractivity contribution in [3.05, 3.63) is 30.0 Å². The number of piperazine rings is 1. The molecule has 0 radical (unpaired) electrons. The van der Waals surface area contributed by atoms with Crippen LogP contribution in [0, 0.1) is 6.92 Å². The number of hydrogen-bond acceptors (Lipinski definition) is 4. The second-order valence-electron chi connectivity index (χ2n) is 5.40. The molecule has 1 fully saturated rings. The van der Waals surface area contributed by atoms with Gasteiger partial charge in [0, 0.05) is 26.2 Å². The van der Waals surface area contributed by atoms with E-state index in [4.69, 9.17) is 0 Å². The second-order valence-corrected chi connectivity index (χ2v) is 5.40. The third-order valence-electron chi connectivity index (χ3n) is 3.83. The van der Waals surface area contributed by atoms with Crippen LogP contribution in [-0.2, 0) is 4.79 Å². The van der Waals surface area contributed by atoms with Crippen LogP contribution < -0.4 is 4.90 Å². The van der Waals surface area contributed by atoms with E-state index in [-0.39, 0.29) is 13.1 Å². The summed E-state index contributed by atoms with van der Waals surface area (Å²) in [7, 11) is 0. The van der Waals surface area contributed by atoms with Crippen LogP contribution in [-0.4, -0.2) is 53.1 Å². The zero-order valence-electron chi connectivity index (χ0n) is 12.5. The van der Waals surface area contributed by atoms with Crippen LogP contribution in [0.15, 0.2) is 24.3 Å². The number of carbonyl (C=O) groups is 1. The Morgan fingerprint density at radius 2 is 1.61 bits per heavy atom. The Balaban J connectivity index is 1.78. The number of alkyl halides is 3. The molecule has 0 unspecified atom stereocenters. The van der Waals surface area contributed by atoms with Crippen molar-refractivity contribution >= 4 is 22.8 Å². The van der Waals surface area contributed by atoms with E-state index >= 15 is 0 Å². The van der Waals surface area contributed by atoms with Crippen LogP contribution in [0.1, 0.15) is 5.69 Å². The molecule has 0 aliphatic carbocycles. The Labute approximate surface area is 130 Å². The number of rotatable bonds is 1. The van der Waals surface area contributed by atoms with Gasteiger partial charge in [-0.15, -0.1) is 0 Å². The summed E-state index contributed by atoms with van der Waals surface area (Å²) in [6.07, 6.45) is -4.82. The van der Waals surface area contributed by atoms with Crippen molar-refractivity contribution in [1.29, 1.82) is 0 Å². The maximum Gasteiger partial charge on any atom is 0.471 e. The van der Waals surface area contributed by atoms with Crippen LogP contribution in [0.5, 0.6) is 0 Å². The summed E-state index contributed by atoms with van der Waals surface area (Å²) in [5, 5.41) is 0. The molecule has 0 N–H and O–H groups in total. The van der Waals surface area contributed by atoms with Crippen molar-refractivity contribution in [3.63, 3.8) is 0 Å².